The van der Waals surface area contributed by atoms with E-state index in [1.165, 1.54) is 82.6 Å². The van der Waals surface area contributed by atoms with E-state index < -0.39 is 5.82 Å². The lowest BCUT2D eigenvalue weighted by Gasteiger charge is -2.29. The van der Waals surface area contributed by atoms with Gasteiger partial charge < -0.3 is 4.74 Å². The molecule has 1 aliphatic rings. The van der Waals surface area contributed by atoms with Crippen molar-refractivity contribution in [3.8, 4) is 16.9 Å². The zero-order valence-electron chi connectivity index (χ0n) is 19.3. The van der Waals surface area contributed by atoms with Crippen molar-refractivity contribution in [3.63, 3.8) is 0 Å². The van der Waals surface area contributed by atoms with Gasteiger partial charge in [0.1, 0.15) is 5.82 Å². The minimum absolute atomic E-state index is 0.162. The Bertz CT molecular complexity index is 1050. The molecule has 1 nitrogen and oxygen atoms in total. The number of benzene rings is 3. The van der Waals surface area contributed by atoms with E-state index in [1.54, 1.807) is 12.1 Å². The highest BCUT2D eigenvalue weighted by molar-refractivity contribution is 5.89. The van der Waals surface area contributed by atoms with E-state index in [0.717, 1.165) is 11.3 Å². The van der Waals surface area contributed by atoms with Gasteiger partial charge >= 0.3 is 0 Å². The quantitative estimate of drug-likeness (QED) is 0.320. The molecule has 1 fully saturated rings. The van der Waals surface area contributed by atoms with Crippen LogP contribution in [-0.2, 0) is 0 Å². The summed E-state index contributed by atoms with van der Waals surface area (Å²) in [5.41, 5.74) is 2.25. The fourth-order valence-electron chi connectivity index (χ4n) is 5.27. The average molecular weight is 437 g/mol. The van der Waals surface area contributed by atoms with Crippen LogP contribution in [-0.4, -0.2) is 7.11 Å². The molecule has 1 aliphatic carbocycles. The zero-order chi connectivity index (χ0) is 22.5. The number of halogens is 2. The number of ether oxygens (including phenoxy) is 1. The highest BCUT2D eigenvalue weighted by atomic mass is 19.1. The van der Waals surface area contributed by atoms with Gasteiger partial charge in [0.05, 0.1) is 7.11 Å². The monoisotopic (exact) mass is 436 g/mol. The van der Waals surface area contributed by atoms with Crippen molar-refractivity contribution in [2.24, 2.45) is 5.92 Å². The first-order valence-corrected chi connectivity index (χ1v) is 12.2. The van der Waals surface area contributed by atoms with E-state index in [0.29, 0.717) is 22.4 Å². The maximum absolute atomic E-state index is 15.3. The highest BCUT2D eigenvalue weighted by Crippen LogP contribution is 2.39. The first kappa shape index (κ1) is 22.8. The molecule has 0 heterocycles. The third-order valence-electron chi connectivity index (χ3n) is 7.23. The number of unbranched alkanes of at least 4 members (excludes halogenated alkanes) is 3. The van der Waals surface area contributed by atoms with E-state index in [-0.39, 0.29) is 11.6 Å². The van der Waals surface area contributed by atoms with Crippen LogP contribution >= 0.6 is 0 Å². The van der Waals surface area contributed by atoms with Crippen molar-refractivity contribution in [1.29, 1.82) is 0 Å². The minimum Gasteiger partial charge on any atom is -0.494 e. The molecule has 0 bridgehead atoms. The lowest BCUT2D eigenvalue weighted by atomic mass is 9.76. The Morgan fingerprint density at radius 2 is 1.69 bits per heavy atom. The molecule has 3 heteroatoms. The van der Waals surface area contributed by atoms with Gasteiger partial charge in [0.2, 0.25) is 0 Å². The lowest BCUT2D eigenvalue weighted by Crippen LogP contribution is -2.13. The molecule has 0 aromatic heterocycles. The Hall–Kier alpha value is -2.42. The number of rotatable bonds is 8. The summed E-state index contributed by atoms with van der Waals surface area (Å²) < 4.78 is 34.4. The molecule has 32 heavy (non-hydrogen) atoms. The van der Waals surface area contributed by atoms with Crippen LogP contribution in [0.3, 0.4) is 0 Å². The molecule has 0 unspecified atom stereocenters. The molecule has 0 spiro atoms. The van der Waals surface area contributed by atoms with Gasteiger partial charge in [-0.15, -0.1) is 0 Å². The van der Waals surface area contributed by atoms with E-state index in [2.05, 4.69) is 19.1 Å². The molecule has 0 aliphatic heterocycles. The molecule has 0 amide bonds. The summed E-state index contributed by atoms with van der Waals surface area (Å²) in [7, 11) is 1.42. The highest BCUT2D eigenvalue weighted by Gasteiger charge is 2.22. The van der Waals surface area contributed by atoms with Crippen molar-refractivity contribution >= 4 is 10.8 Å². The molecular weight excluding hydrogens is 402 g/mol. The summed E-state index contributed by atoms with van der Waals surface area (Å²) in [6.07, 6.45) is 11.9. The van der Waals surface area contributed by atoms with E-state index in [9.17, 15) is 4.39 Å². The second-order valence-electron chi connectivity index (χ2n) is 9.32. The second-order valence-corrected chi connectivity index (χ2v) is 9.32. The first-order chi connectivity index (χ1) is 15.6. The van der Waals surface area contributed by atoms with Gasteiger partial charge in [-0.25, -0.2) is 8.78 Å². The molecule has 1 saturated carbocycles. The molecule has 3 aromatic carbocycles. The number of fused-ring (bicyclic) bond motifs is 1. The number of hydrogen-bond donors (Lipinski definition) is 0. The van der Waals surface area contributed by atoms with Gasteiger partial charge in [-0.2, -0.15) is 0 Å². The van der Waals surface area contributed by atoms with Crippen molar-refractivity contribution in [3.05, 3.63) is 65.7 Å². The Balaban J connectivity index is 1.47. The van der Waals surface area contributed by atoms with Crippen LogP contribution in [0.2, 0.25) is 0 Å². The zero-order valence-corrected chi connectivity index (χ0v) is 19.3. The molecule has 0 atom stereocenters. The van der Waals surface area contributed by atoms with Gasteiger partial charge in [-0.05, 0) is 66.2 Å². The fourth-order valence-corrected chi connectivity index (χ4v) is 5.27. The van der Waals surface area contributed by atoms with E-state index in [1.807, 2.05) is 12.1 Å². The first-order valence-electron chi connectivity index (χ1n) is 12.2. The van der Waals surface area contributed by atoms with Crippen molar-refractivity contribution in [2.75, 3.05) is 7.11 Å². The molecule has 3 aromatic rings. The lowest BCUT2D eigenvalue weighted by molar-refractivity contribution is 0.302. The molecule has 170 valence electrons. The standard InChI is InChI=1S/C29H34F2O/c1-3-4-5-6-7-20-8-10-21(11-9-20)22-12-15-25-23(18-22)13-16-26(29(25)31)24-14-17-28(32-2)27(30)19-24/h12-21H,3-11H2,1-2H3. The number of methoxy groups -OCH3 is 1. The van der Waals surface area contributed by atoms with Crippen molar-refractivity contribution in [1.82, 2.24) is 0 Å². The van der Waals surface area contributed by atoms with Crippen LogP contribution in [0.5, 0.6) is 5.75 Å². The van der Waals surface area contributed by atoms with Crippen LogP contribution in [0, 0.1) is 17.6 Å². The second kappa shape index (κ2) is 10.5. The third kappa shape index (κ3) is 4.98. The topological polar surface area (TPSA) is 9.23 Å². The van der Waals surface area contributed by atoms with Crippen LogP contribution in [0.4, 0.5) is 8.78 Å². The SMILES string of the molecule is CCCCCCC1CCC(c2ccc3c(F)c(-c4ccc(OC)c(F)c4)ccc3c2)CC1. The van der Waals surface area contributed by atoms with Crippen LogP contribution in [0.15, 0.2) is 48.5 Å². The van der Waals surface area contributed by atoms with Crippen molar-refractivity contribution < 1.29 is 13.5 Å². The molecule has 4 rings (SSSR count). The van der Waals surface area contributed by atoms with Gasteiger partial charge in [0, 0.05) is 10.9 Å². The largest absolute Gasteiger partial charge is 0.494 e. The predicted molar refractivity (Wildman–Crippen MR) is 129 cm³/mol. The van der Waals surface area contributed by atoms with Gasteiger partial charge in [0.25, 0.3) is 0 Å². The molecular formula is C29H34F2O. The summed E-state index contributed by atoms with van der Waals surface area (Å²) in [6.45, 7) is 2.26. The average Bonchev–Trinajstić information content (AvgIpc) is 2.82. The van der Waals surface area contributed by atoms with Crippen LogP contribution in [0.25, 0.3) is 21.9 Å². The predicted octanol–water partition coefficient (Wildman–Crippen LogP) is 9.04. The van der Waals surface area contributed by atoms with Crippen LogP contribution in [0.1, 0.15) is 76.2 Å². The Labute approximate surface area is 190 Å². The Morgan fingerprint density at radius 1 is 0.875 bits per heavy atom. The van der Waals surface area contributed by atoms with Crippen molar-refractivity contribution in [2.45, 2.75) is 70.6 Å². The van der Waals surface area contributed by atoms with Gasteiger partial charge in [0.15, 0.2) is 11.6 Å². The molecule has 0 N–H and O–H groups in total. The summed E-state index contributed by atoms with van der Waals surface area (Å²) in [5, 5.41) is 1.51. The number of hydrogen-bond acceptors (Lipinski definition) is 1. The summed E-state index contributed by atoms with van der Waals surface area (Å²) in [4.78, 5) is 0. The van der Waals surface area contributed by atoms with Gasteiger partial charge in [-0.1, -0.05) is 75.4 Å². The molecule has 0 saturated heterocycles. The third-order valence-corrected chi connectivity index (χ3v) is 7.23. The molecule has 0 radical (unpaired) electrons. The smallest absolute Gasteiger partial charge is 0.165 e. The maximum Gasteiger partial charge on any atom is 0.165 e. The Kier molecular flexibility index (Phi) is 7.44. The van der Waals surface area contributed by atoms with Gasteiger partial charge in [-0.3, -0.25) is 0 Å². The minimum atomic E-state index is -0.485. The summed E-state index contributed by atoms with van der Waals surface area (Å²) >= 11 is 0. The normalized spacial score (nSPS) is 18.8. The van der Waals surface area contributed by atoms with E-state index in [4.69, 9.17) is 4.74 Å². The summed E-state index contributed by atoms with van der Waals surface area (Å²) in [5.74, 6) is 0.837. The Morgan fingerprint density at radius 3 is 2.41 bits per heavy atom. The summed E-state index contributed by atoms with van der Waals surface area (Å²) in [6, 6.07) is 14.4. The maximum atomic E-state index is 15.3. The van der Waals surface area contributed by atoms with Crippen LogP contribution < -0.4 is 4.74 Å². The van der Waals surface area contributed by atoms with E-state index >= 15 is 4.39 Å². The fraction of sp³-hybridized carbons (Fsp3) is 0.448.